The Morgan fingerprint density at radius 3 is 2.38 bits per heavy atom. The first kappa shape index (κ1) is 15.8. The van der Waals surface area contributed by atoms with E-state index in [-0.39, 0.29) is 10.6 Å². The van der Waals surface area contributed by atoms with Crippen LogP contribution in [0.4, 0.5) is 11.4 Å². The van der Waals surface area contributed by atoms with Crippen LogP contribution in [0.25, 0.3) is 0 Å². The zero-order chi connectivity index (χ0) is 15.6. The number of nitro groups is 1. The summed E-state index contributed by atoms with van der Waals surface area (Å²) in [7, 11) is 0. The van der Waals surface area contributed by atoms with E-state index in [0.29, 0.717) is 17.6 Å². The van der Waals surface area contributed by atoms with Gasteiger partial charge in [-0.05, 0) is 52.2 Å². The van der Waals surface area contributed by atoms with Gasteiger partial charge >= 0.3 is 0 Å². The molecule has 0 spiro atoms. The van der Waals surface area contributed by atoms with Gasteiger partial charge in [-0.25, -0.2) is 0 Å². The summed E-state index contributed by atoms with van der Waals surface area (Å²) in [4.78, 5) is 13.1. The molecule has 116 valence electrons. The van der Waals surface area contributed by atoms with Gasteiger partial charge < -0.3 is 10.2 Å². The van der Waals surface area contributed by atoms with Crippen LogP contribution in [-0.2, 0) is 0 Å². The van der Waals surface area contributed by atoms with E-state index in [1.807, 2.05) is 13.0 Å². The molecule has 0 atom stereocenters. The van der Waals surface area contributed by atoms with E-state index in [9.17, 15) is 10.1 Å². The Balaban J connectivity index is 2.04. The summed E-state index contributed by atoms with van der Waals surface area (Å²) in [5.41, 5.74) is 2.89. The van der Waals surface area contributed by atoms with Crippen LogP contribution in [0.3, 0.4) is 0 Å². The SMILES string of the molecule is Cc1cc([N+](=O)[O-])c(C)cc1NC1CCN(C(C)C)CC1. The Morgan fingerprint density at radius 2 is 1.86 bits per heavy atom. The van der Waals surface area contributed by atoms with Crippen molar-refractivity contribution in [1.82, 2.24) is 4.90 Å². The van der Waals surface area contributed by atoms with Crippen molar-refractivity contribution in [3.8, 4) is 0 Å². The lowest BCUT2D eigenvalue weighted by molar-refractivity contribution is -0.385. The van der Waals surface area contributed by atoms with Crippen LogP contribution in [0.5, 0.6) is 0 Å². The molecule has 1 saturated heterocycles. The van der Waals surface area contributed by atoms with Gasteiger partial charge in [0.25, 0.3) is 5.69 Å². The lowest BCUT2D eigenvalue weighted by Gasteiger charge is -2.35. The average Bonchev–Trinajstić information content (AvgIpc) is 2.42. The van der Waals surface area contributed by atoms with Gasteiger partial charge in [-0.1, -0.05) is 0 Å². The lowest BCUT2D eigenvalue weighted by Crippen LogP contribution is -2.42. The average molecular weight is 291 g/mol. The summed E-state index contributed by atoms with van der Waals surface area (Å²) < 4.78 is 0. The molecule has 0 unspecified atom stereocenters. The zero-order valence-corrected chi connectivity index (χ0v) is 13.3. The molecule has 1 aromatic carbocycles. The molecule has 0 amide bonds. The van der Waals surface area contributed by atoms with Crippen LogP contribution in [-0.4, -0.2) is 35.0 Å². The maximum atomic E-state index is 11.0. The van der Waals surface area contributed by atoms with Crippen molar-refractivity contribution >= 4 is 11.4 Å². The van der Waals surface area contributed by atoms with Gasteiger partial charge in [-0.2, -0.15) is 0 Å². The summed E-state index contributed by atoms with van der Waals surface area (Å²) in [6.45, 7) is 10.4. The first-order valence-corrected chi connectivity index (χ1v) is 7.64. The van der Waals surface area contributed by atoms with E-state index in [4.69, 9.17) is 0 Å². The fourth-order valence-electron chi connectivity index (χ4n) is 2.93. The highest BCUT2D eigenvalue weighted by Crippen LogP contribution is 2.27. The summed E-state index contributed by atoms with van der Waals surface area (Å²) in [5.74, 6) is 0. The van der Waals surface area contributed by atoms with Crippen molar-refractivity contribution < 1.29 is 4.92 Å². The van der Waals surface area contributed by atoms with Crippen LogP contribution in [0, 0.1) is 24.0 Å². The summed E-state index contributed by atoms with van der Waals surface area (Å²) in [6.07, 6.45) is 2.24. The molecule has 0 radical (unpaired) electrons. The number of likely N-dealkylation sites (tertiary alicyclic amines) is 1. The van der Waals surface area contributed by atoms with E-state index in [2.05, 4.69) is 24.1 Å². The summed E-state index contributed by atoms with van der Waals surface area (Å²) in [5, 5.41) is 14.5. The van der Waals surface area contributed by atoms with Crippen LogP contribution in [0.15, 0.2) is 12.1 Å². The van der Waals surface area contributed by atoms with Crippen molar-refractivity contribution in [3.63, 3.8) is 0 Å². The van der Waals surface area contributed by atoms with Crippen LogP contribution < -0.4 is 5.32 Å². The predicted octanol–water partition coefficient (Wildman–Crippen LogP) is 3.50. The van der Waals surface area contributed by atoms with E-state index in [1.165, 1.54) is 0 Å². The largest absolute Gasteiger partial charge is 0.382 e. The smallest absolute Gasteiger partial charge is 0.272 e. The van der Waals surface area contributed by atoms with Gasteiger partial charge in [0, 0.05) is 42.5 Å². The van der Waals surface area contributed by atoms with Gasteiger partial charge in [0.15, 0.2) is 0 Å². The molecule has 0 aliphatic carbocycles. The topological polar surface area (TPSA) is 58.4 Å². The second-order valence-corrected chi connectivity index (χ2v) is 6.26. The molecule has 0 aromatic heterocycles. The molecule has 1 N–H and O–H groups in total. The quantitative estimate of drug-likeness (QED) is 0.681. The Bertz CT molecular complexity index is 520. The van der Waals surface area contributed by atoms with E-state index in [1.54, 1.807) is 13.0 Å². The molecule has 1 aliphatic rings. The minimum Gasteiger partial charge on any atom is -0.382 e. The molecule has 5 heteroatoms. The van der Waals surface area contributed by atoms with Crippen molar-refractivity contribution in [2.45, 2.75) is 52.6 Å². The molecule has 0 saturated carbocycles. The van der Waals surface area contributed by atoms with Gasteiger partial charge in [-0.3, -0.25) is 10.1 Å². The molecule has 1 fully saturated rings. The van der Waals surface area contributed by atoms with E-state index in [0.717, 1.165) is 37.2 Å². The molecular formula is C16H25N3O2. The molecule has 1 aromatic rings. The van der Waals surface area contributed by atoms with Crippen LogP contribution in [0.1, 0.15) is 37.8 Å². The van der Waals surface area contributed by atoms with Crippen molar-refractivity contribution in [2.24, 2.45) is 0 Å². The molecule has 5 nitrogen and oxygen atoms in total. The number of anilines is 1. The second-order valence-electron chi connectivity index (χ2n) is 6.26. The highest BCUT2D eigenvalue weighted by molar-refractivity contribution is 5.59. The minimum atomic E-state index is -0.312. The Kier molecular flexibility index (Phi) is 4.83. The standard InChI is InChI=1S/C16H25N3O2/c1-11(2)18-7-5-14(6-8-18)17-15-9-13(4)16(19(20)21)10-12(15)3/h9-11,14,17H,5-8H2,1-4H3. The van der Waals surface area contributed by atoms with E-state index >= 15 is 0 Å². The van der Waals surface area contributed by atoms with Gasteiger partial charge in [0.2, 0.25) is 0 Å². The number of aryl methyl sites for hydroxylation is 2. The Hall–Kier alpha value is -1.62. The van der Waals surface area contributed by atoms with E-state index < -0.39 is 0 Å². The monoisotopic (exact) mass is 291 g/mol. The molecule has 21 heavy (non-hydrogen) atoms. The number of rotatable bonds is 4. The van der Waals surface area contributed by atoms with Crippen LogP contribution >= 0.6 is 0 Å². The number of nitrogens with zero attached hydrogens (tertiary/aromatic N) is 2. The third-order valence-electron chi connectivity index (χ3n) is 4.36. The molecule has 1 heterocycles. The molecular weight excluding hydrogens is 266 g/mol. The molecule has 0 bridgehead atoms. The normalized spacial score (nSPS) is 17.2. The fraction of sp³-hybridized carbons (Fsp3) is 0.625. The van der Waals surface area contributed by atoms with Gasteiger partial charge in [0.05, 0.1) is 4.92 Å². The number of hydrogen-bond acceptors (Lipinski definition) is 4. The third kappa shape index (κ3) is 3.73. The maximum absolute atomic E-state index is 11.0. The zero-order valence-electron chi connectivity index (χ0n) is 13.3. The van der Waals surface area contributed by atoms with Crippen molar-refractivity contribution in [3.05, 3.63) is 33.4 Å². The fourth-order valence-corrected chi connectivity index (χ4v) is 2.93. The number of benzene rings is 1. The molecule has 2 rings (SSSR count). The Labute approximate surface area is 126 Å². The first-order valence-electron chi connectivity index (χ1n) is 7.64. The Morgan fingerprint density at radius 1 is 1.24 bits per heavy atom. The van der Waals surface area contributed by atoms with Gasteiger partial charge in [0.1, 0.15) is 0 Å². The van der Waals surface area contributed by atoms with Crippen LogP contribution in [0.2, 0.25) is 0 Å². The summed E-state index contributed by atoms with van der Waals surface area (Å²) in [6, 6.07) is 4.64. The lowest BCUT2D eigenvalue weighted by atomic mass is 10.0. The number of piperidine rings is 1. The van der Waals surface area contributed by atoms with Crippen molar-refractivity contribution in [1.29, 1.82) is 0 Å². The highest BCUT2D eigenvalue weighted by atomic mass is 16.6. The highest BCUT2D eigenvalue weighted by Gasteiger charge is 2.22. The van der Waals surface area contributed by atoms with Gasteiger partial charge in [-0.15, -0.1) is 0 Å². The summed E-state index contributed by atoms with van der Waals surface area (Å²) >= 11 is 0. The number of nitro benzene ring substituents is 1. The van der Waals surface area contributed by atoms with Crippen molar-refractivity contribution in [2.75, 3.05) is 18.4 Å². The third-order valence-corrected chi connectivity index (χ3v) is 4.36. The number of nitrogens with one attached hydrogen (secondary N) is 1. The second kappa shape index (κ2) is 6.43. The predicted molar refractivity (Wildman–Crippen MR) is 85.9 cm³/mol. The maximum Gasteiger partial charge on any atom is 0.272 e. The first-order chi connectivity index (χ1) is 9.88. The number of hydrogen-bond donors (Lipinski definition) is 1. The molecule has 1 aliphatic heterocycles. The minimum absolute atomic E-state index is 0.202.